The highest BCUT2D eigenvalue weighted by molar-refractivity contribution is 5.98. The van der Waals surface area contributed by atoms with Crippen LogP contribution in [0.15, 0.2) is 154 Å². The van der Waals surface area contributed by atoms with Gasteiger partial charge in [-0.3, -0.25) is 4.79 Å². The topological polar surface area (TPSA) is 81.7 Å². The van der Waals surface area contributed by atoms with Crippen molar-refractivity contribution in [3.8, 4) is 22.3 Å². The van der Waals surface area contributed by atoms with Gasteiger partial charge in [0.2, 0.25) is 0 Å². The molecular formula is C46H33F2NO5. The minimum Gasteiger partial charge on any atom is -0.460 e. The van der Waals surface area contributed by atoms with E-state index in [2.05, 4.69) is 5.32 Å². The SMILES string of the molecule is O=C(NCCOC(=O)c1cccc(-c2cccc3cc(Cc4cccc(F)c4)oc23)c1)c1cccc(-c2cccc3cc(Cc4cccc(F)c4)oc23)c1. The number of fused-ring (bicyclic) bond motifs is 2. The number of rotatable bonds is 11. The summed E-state index contributed by atoms with van der Waals surface area (Å²) in [6.07, 6.45) is 0.899. The third kappa shape index (κ3) is 7.54. The molecule has 6 aromatic carbocycles. The van der Waals surface area contributed by atoms with Gasteiger partial charge in [-0.1, -0.05) is 84.9 Å². The van der Waals surface area contributed by atoms with E-state index in [1.54, 1.807) is 48.5 Å². The van der Waals surface area contributed by atoms with Gasteiger partial charge in [-0.05, 0) is 82.9 Å². The summed E-state index contributed by atoms with van der Waals surface area (Å²) in [4.78, 5) is 26.2. The molecule has 0 aliphatic carbocycles. The Kier molecular flexibility index (Phi) is 9.56. The summed E-state index contributed by atoms with van der Waals surface area (Å²) in [6, 6.07) is 42.7. The molecule has 0 aliphatic heterocycles. The molecule has 1 N–H and O–H groups in total. The highest BCUT2D eigenvalue weighted by Gasteiger charge is 2.16. The molecule has 54 heavy (non-hydrogen) atoms. The van der Waals surface area contributed by atoms with E-state index in [0.29, 0.717) is 46.7 Å². The lowest BCUT2D eigenvalue weighted by atomic mass is 10.0. The molecule has 0 fully saturated rings. The summed E-state index contributed by atoms with van der Waals surface area (Å²) in [5.74, 6) is -0.00252. The predicted octanol–water partition coefficient (Wildman–Crippen LogP) is 10.6. The number of amides is 1. The highest BCUT2D eigenvalue weighted by atomic mass is 19.1. The molecule has 0 atom stereocenters. The van der Waals surface area contributed by atoms with Crippen molar-refractivity contribution in [2.24, 2.45) is 0 Å². The Morgan fingerprint density at radius 2 is 1.06 bits per heavy atom. The van der Waals surface area contributed by atoms with Gasteiger partial charge in [-0.2, -0.15) is 0 Å². The zero-order chi connectivity index (χ0) is 37.0. The van der Waals surface area contributed by atoms with Gasteiger partial charge in [0, 0.05) is 40.3 Å². The lowest BCUT2D eigenvalue weighted by Gasteiger charge is -2.09. The van der Waals surface area contributed by atoms with Gasteiger partial charge in [0.1, 0.15) is 40.9 Å². The van der Waals surface area contributed by atoms with Crippen LogP contribution in [0.25, 0.3) is 44.2 Å². The first-order chi connectivity index (χ1) is 26.4. The molecule has 0 aliphatic rings. The smallest absolute Gasteiger partial charge is 0.338 e. The van der Waals surface area contributed by atoms with E-state index >= 15 is 0 Å². The first-order valence-electron chi connectivity index (χ1n) is 17.5. The number of benzene rings is 6. The van der Waals surface area contributed by atoms with Crippen LogP contribution in [0, 0.1) is 11.6 Å². The summed E-state index contributed by atoms with van der Waals surface area (Å²) in [5, 5.41) is 4.64. The van der Waals surface area contributed by atoms with Gasteiger partial charge in [-0.15, -0.1) is 0 Å². The molecule has 1 amide bonds. The molecule has 0 saturated heterocycles. The minimum absolute atomic E-state index is 0.0223. The van der Waals surface area contributed by atoms with Gasteiger partial charge < -0.3 is 18.9 Å². The fraction of sp³-hybridized carbons (Fsp3) is 0.0870. The number of carbonyl (C=O) groups excluding carboxylic acids is 2. The molecule has 0 saturated carbocycles. The van der Waals surface area contributed by atoms with Crippen LogP contribution in [0.3, 0.4) is 0 Å². The van der Waals surface area contributed by atoms with Crippen LogP contribution in [0.1, 0.15) is 43.4 Å². The summed E-state index contributed by atoms with van der Waals surface area (Å²) >= 11 is 0. The largest absolute Gasteiger partial charge is 0.460 e. The Bertz CT molecular complexity index is 2470. The predicted molar refractivity (Wildman–Crippen MR) is 204 cm³/mol. The van der Waals surface area contributed by atoms with E-state index in [1.165, 1.54) is 24.3 Å². The van der Waals surface area contributed by atoms with Gasteiger partial charge >= 0.3 is 5.97 Å². The monoisotopic (exact) mass is 717 g/mol. The van der Waals surface area contributed by atoms with Crippen LogP contribution in [-0.2, 0) is 17.6 Å². The van der Waals surface area contributed by atoms with Crippen LogP contribution in [-0.4, -0.2) is 25.0 Å². The van der Waals surface area contributed by atoms with Crippen LogP contribution in [0.2, 0.25) is 0 Å². The average Bonchev–Trinajstić information content (AvgIpc) is 3.79. The Morgan fingerprint density at radius 1 is 0.556 bits per heavy atom. The quantitative estimate of drug-likeness (QED) is 0.106. The number of esters is 1. The molecular weight excluding hydrogens is 685 g/mol. The van der Waals surface area contributed by atoms with E-state index in [9.17, 15) is 18.4 Å². The number of halogens is 2. The molecule has 0 bridgehead atoms. The van der Waals surface area contributed by atoms with Crippen molar-refractivity contribution in [1.29, 1.82) is 0 Å². The molecule has 8 rings (SSSR count). The van der Waals surface area contributed by atoms with Crippen molar-refractivity contribution in [2.45, 2.75) is 12.8 Å². The van der Waals surface area contributed by atoms with Gasteiger partial charge in [0.25, 0.3) is 5.91 Å². The number of para-hydroxylation sites is 2. The fourth-order valence-corrected chi connectivity index (χ4v) is 6.69. The molecule has 8 aromatic rings. The molecule has 0 spiro atoms. The Hall–Kier alpha value is -6.80. The van der Waals surface area contributed by atoms with Crippen molar-refractivity contribution >= 4 is 33.8 Å². The Labute approximate surface area is 309 Å². The number of hydrogen-bond acceptors (Lipinski definition) is 5. The van der Waals surface area contributed by atoms with Gasteiger partial charge in [0.15, 0.2) is 0 Å². The molecule has 2 aromatic heterocycles. The fourth-order valence-electron chi connectivity index (χ4n) is 6.69. The first-order valence-corrected chi connectivity index (χ1v) is 17.5. The maximum atomic E-state index is 13.7. The summed E-state index contributed by atoms with van der Waals surface area (Å²) in [7, 11) is 0. The zero-order valence-electron chi connectivity index (χ0n) is 29.0. The van der Waals surface area contributed by atoms with Gasteiger partial charge in [-0.25, -0.2) is 13.6 Å². The van der Waals surface area contributed by atoms with Crippen LogP contribution < -0.4 is 5.32 Å². The molecule has 2 heterocycles. The van der Waals surface area contributed by atoms with E-state index in [-0.39, 0.29) is 30.7 Å². The van der Waals surface area contributed by atoms with E-state index in [0.717, 1.165) is 44.2 Å². The van der Waals surface area contributed by atoms with Crippen molar-refractivity contribution < 1.29 is 31.9 Å². The van der Waals surface area contributed by atoms with Crippen LogP contribution in [0.5, 0.6) is 0 Å². The van der Waals surface area contributed by atoms with Crippen LogP contribution in [0.4, 0.5) is 8.78 Å². The Balaban J connectivity index is 0.896. The highest BCUT2D eigenvalue weighted by Crippen LogP contribution is 2.34. The average molecular weight is 718 g/mol. The van der Waals surface area contributed by atoms with Gasteiger partial charge in [0.05, 0.1) is 12.1 Å². The number of furan rings is 2. The van der Waals surface area contributed by atoms with Crippen LogP contribution >= 0.6 is 0 Å². The molecule has 8 heteroatoms. The van der Waals surface area contributed by atoms with E-state index in [4.69, 9.17) is 13.6 Å². The van der Waals surface area contributed by atoms with Crippen molar-refractivity contribution in [1.82, 2.24) is 5.32 Å². The summed E-state index contributed by atoms with van der Waals surface area (Å²) in [5.41, 5.74) is 7.01. The normalized spacial score (nSPS) is 11.2. The number of carbonyl (C=O) groups is 2. The van der Waals surface area contributed by atoms with E-state index < -0.39 is 5.97 Å². The third-order valence-corrected chi connectivity index (χ3v) is 9.19. The second-order valence-electron chi connectivity index (χ2n) is 13.0. The summed E-state index contributed by atoms with van der Waals surface area (Å²) in [6.45, 7) is 0.0942. The lowest BCUT2D eigenvalue weighted by molar-refractivity contribution is 0.0503. The number of nitrogens with one attached hydrogen (secondary N) is 1. The maximum absolute atomic E-state index is 13.7. The summed E-state index contributed by atoms with van der Waals surface area (Å²) < 4.78 is 45.4. The lowest BCUT2D eigenvalue weighted by Crippen LogP contribution is -2.28. The van der Waals surface area contributed by atoms with Crippen molar-refractivity contribution in [3.63, 3.8) is 0 Å². The zero-order valence-corrected chi connectivity index (χ0v) is 29.0. The minimum atomic E-state index is -0.519. The molecule has 6 nitrogen and oxygen atoms in total. The third-order valence-electron chi connectivity index (χ3n) is 9.19. The second-order valence-corrected chi connectivity index (χ2v) is 13.0. The van der Waals surface area contributed by atoms with Crippen molar-refractivity contribution in [3.05, 3.63) is 191 Å². The standard InChI is InChI=1S/C46H33F2NO5/c47-37-15-1-7-29(21-37)23-39-27-33-11-5-17-41(43(33)53-39)31-9-3-13-35(25-31)45(50)49-19-20-52-46(51)36-14-4-10-32(26-36)42-18-6-12-34-28-40(54-44(34)42)24-30-8-2-16-38(48)22-30/h1-18,21-22,25-28H,19-20,23-24H2,(H,49,50). The first kappa shape index (κ1) is 34.3. The molecule has 0 radical (unpaired) electrons. The van der Waals surface area contributed by atoms with E-state index in [1.807, 2.05) is 72.8 Å². The maximum Gasteiger partial charge on any atom is 0.338 e. The second kappa shape index (κ2) is 15.0. The number of hydrogen-bond donors (Lipinski definition) is 1. The Morgan fingerprint density at radius 3 is 1.61 bits per heavy atom. The number of ether oxygens (including phenoxy) is 1. The van der Waals surface area contributed by atoms with Crippen molar-refractivity contribution in [2.75, 3.05) is 13.2 Å². The molecule has 0 unspecified atom stereocenters. The molecule has 266 valence electrons.